The van der Waals surface area contributed by atoms with Gasteiger partial charge in [-0.15, -0.1) is 11.6 Å². The Labute approximate surface area is 133 Å². The van der Waals surface area contributed by atoms with Crippen molar-refractivity contribution in [2.24, 2.45) is 5.92 Å². The van der Waals surface area contributed by atoms with Gasteiger partial charge in [0.15, 0.2) is 0 Å². The number of halogens is 3. The first-order valence-corrected chi connectivity index (χ1v) is 7.95. The molecule has 0 saturated carbocycles. The highest BCUT2D eigenvalue weighted by atomic mass is 35.5. The molecule has 1 fully saturated rings. The van der Waals surface area contributed by atoms with E-state index in [0.717, 1.165) is 37.4 Å². The van der Waals surface area contributed by atoms with Gasteiger partial charge in [-0.2, -0.15) is 0 Å². The second kappa shape index (κ2) is 5.75. The molecule has 0 spiro atoms. The lowest BCUT2D eigenvalue weighted by molar-refractivity contribution is 0.377. The zero-order chi connectivity index (χ0) is 15.1. The van der Waals surface area contributed by atoms with E-state index in [9.17, 15) is 4.39 Å². The van der Waals surface area contributed by atoms with Gasteiger partial charge < -0.3 is 9.47 Å². The first-order chi connectivity index (χ1) is 9.95. The molecule has 2 aromatic rings. The van der Waals surface area contributed by atoms with E-state index in [1.165, 1.54) is 6.07 Å². The minimum Gasteiger partial charge on any atom is -0.326 e. The van der Waals surface area contributed by atoms with Gasteiger partial charge in [0.25, 0.3) is 0 Å². The average Bonchev–Trinajstić information content (AvgIpc) is 2.96. The summed E-state index contributed by atoms with van der Waals surface area (Å²) in [6.45, 7) is 4.85. The SMILES string of the molecule is CC(Cl)c1nc2cc(Cl)c(F)cc2n1CC1CCN(C)C1. The molecule has 6 heteroatoms. The number of rotatable bonds is 3. The predicted octanol–water partition coefficient (Wildman–Crippen LogP) is 4.08. The topological polar surface area (TPSA) is 21.1 Å². The fraction of sp³-hybridized carbons (Fsp3) is 0.533. The second-order valence-corrected chi connectivity index (χ2v) is 6.93. The van der Waals surface area contributed by atoms with E-state index in [1.54, 1.807) is 6.07 Å². The molecule has 1 aliphatic heterocycles. The van der Waals surface area contributed by atoms with Gasteiger partial charge in [-0.25, -0.2) is 9.37 Å². The number of nitrogens with zero attached hydrogens (tertiary/aromatic N) is 3. The van der Waals surface area contributed by atoms with Crippen LogP contribution in [0.15, 0.2) is 12.1 Å². The van der Waals surface area contributed by atoms with Crippen LogP contribution in [-0.4, -0.2) is 34.6 Å². The van der Waals surface area contributed by atoms with Gasteiger partial charge in [0, 0.05) is 19.2 Å². The maximum absolute atomic E-state index is 13.8. The number of benzene rings is 1. The normalized spacial score (nSPS) is 21.3. The van der Waals surface area contributed by atoms with Gasteiger partial charge in [0.2, 0.25) is 0 Å². The van der Waals surface area contributed by atoms with Crippen molar-refractivity contribution >= 4 is 34.2 Å². The minimum atomic E-state index is -0.414. The number of fused-ring (bicyclic) bond motifs is 1. The Balaban J connectivity index is 2.05. The van der Waals surface area contributed by atoms with Crippen LogP contribution in [0, 0.1) is 11.7 Å². The Morgan fingerprint density at radius 1 is 1.48 bits per heavy atom. The zero-order valence-electron chi connectivity index (χ0n) is 12.1. The lowest BCUT2D eigenvalue weighted by atomic mass is 10.1. The maximum Gasteiger partial charge on any atom is 0.144 e. The predicted molar refractivity (Wildman–Crippen MR) is 84.6 cm³/mol. The molecule has 2 atom stereocenters. The molecule has 0 amide bonds. The molecule has 1 aromatic carbocycles. The Bertz CT molecular complexity index is 668. The van der Waals surface area contributed by atoms with Crippen LogP contribution in [0.25, 0.3) is 11.0 Å². The quantitative estimate of drug-likeness (QED) is 0.791. The van der Waals surface area contributed by atoms with Crippen LogP contribution in [0.4, 0.5) is 4.39 Å². The molecular formula is C15H18Cl2FN3. The number of imidazole rings is 1. The molecule has 21 heavy (non-hydrogen) atoms. The highest BCUT2D eigenvalue weighted by Crippen LogP contribution is 2.30. The van der Waals surface area contributed by atoms with Gasteiger partial charge in [0.05, 0.1) is 21.4 Å². The molecule has 114 valence electrons. The summed E-state index contributed by atoms with van der Waals surface area (Å²) >= 11 is 12.1. The fourth-order valence-electron chi connectivity index (χ4n) is 3.07. The molecule has 1 aliphatic rings. The monoisotopic (exact) mass is 329 g/mol. The van der Waals surface area contributed by atoms with Gasteiger partial charge >= 0.3 is 0 Å². The summed E-state index contributed by atoms with van der Waals surface area (Å²) in [6.07, 6.45) is 1.14. The van der Waals surface area contributed by atoms with E-state index >= 15 is 0 Å². The van der Waals surface area contributed by atoms with Crippen LogP contribution >= 0.6 is 23.2 Å². The number of aromatic nitrogens is 2. The van der Waals surface area contributed by atoms with Gasteiger partial charge in [-0.3, -0.25) is 0 Å². The number of alkyl halides is 1. The van der Waals surface area contributed by atoms with E-state index in [-0.39, 0.29) is 10.4 Å². The fourth-order valence-corrected chi connectivity index (χ4v) is 3.39. The van der Waals surface area contributed by atoms with Crippen molar-refractivity contribution < 1.29 is 4.39 Å². The van der Waals surface area contributed by atoms with Crippen molar-refractivity contribution in [3.63, 3.8) is 0 Å². The lowest BCUT2D eigenvalue weighted by Crippen LogP contribution is -2.18. The van der Waals surface area contributed by atoms with E-state index in [2.05, 4.69) is 21.5 Å². The highest BCUT2D eigenvalue weighted by molar-refractivity contribution is 6.31. The Morgan fingerprint density at radius 3 is 2.86 bits per heavy atom. The van der Waals surface area contributed by atoms with Gasteiger partial charge in [0.1, 0.15) is 11.6 Å². The van der Waals surface area contributed by atoms with Crippen LogP contribution in [0.3, 0.4) is 0 Å². The largest absolute Gasteiger partial charge is 0.326 e. The molecule has 0 N–H and O–H groups in total. The number of likely N-dealkylation sites (tertiary alicyclic amines) is 1. The smallest absolute Gasteiger partial charge is 0.144 e. The molecule has 0 aliphatic carbocycles. The number of hydrogen-bond acceptors (Lipinski definition) is 2. The Hall–Kier alpha value is -0.840. The highest BCUT2D eigenvalue weighted by Gasteiger charge is 2.24. The van der Waals surface area contributed by atoms with E-state index < -0.39 is 5.82 Å². The molecular weight excluding hydrogens is 312 g/mol. The molecule has 3 rings (SSSR count). The molecule has 3 nitrogen and oxygen atoms in total. The van der Waals surface area contributed by atoms with Crippen LogP contribution in [0.5, 0.6) is 0 Å². The van der Waals surface area contributed by atoms with Crippen molar-refractivity contribution in [2.75, 3.05) is 20.1 Å². The van der Waals surface area contributed by atoms with E-state index in [0.29, 0.717) is 11.4 Å². The first kappa shape index (κ1) is 15.1. The van der Waals surface area contributed by atoms with E-state index in [4.69, 9.17) is 23.2 Å². The van der Waals surface area contributed by atoms with Crippen molar-refractivity contribution in [1.82, 2.24) is 14.5 Å². The second-order valence-electron chi connectivity index (χ2n) is 5.87. The zero-order valence-corrected chi connectivity index (χ0v) is 13.6. The summed E-state index contributed by atoms with van der Waals surface area (Å²) in [6, 6.07) is 3.04. The van der Waals surface area contributed by atoms with E-state index in [1.807, 2.05) is 6.92 Å². The maximum atomic E-state index is 13.8. The molecule has 1 saturated heterocycles. The van der Waals surface area contributed by atoms with Crippen LogP contribution < -0.4 is 0 Å². The van der Waals surface area contributed by atoms with Crippen molar-refractivity contribution in [3.8, 4) is 0 Å². The lowest BCUT2D eigenvalue weighted by Gasteiger charge is -2.15. The summed E-state index contributed by atoms with van der Waals surface area (Å²) in [5.74, 6) is 0.908. The van der Waals surface area contributed by atoms with Gasteiger partial charge in [-0.05, 0) is 38.9 Å². The van der Waals surface area contributed by atoms with Crippen LogP contribution in [-0.2, 0) is 6.54 Å². The average molecular weight is 330 g/mol. The van der Waals surface area contributed by atoms with Crippen molar-refractivity contribution in [2.45, 2.75) is 25.3 Å². The van der Waals surface area contributed by atoms with Gasteiger partial charge in [-0.1, -0.05) is 11.6 Å². The molecule has 2 heterocycles. The first-order valence-electron chi connectivity index (χ1n) is 7.13. The third kappa shape index (κ3) is 2.89. The van der Waals surface area contributed by atoms with Crippen molar-refractivity contribution in [1.29, 1.82) is 0 Å². The summed E-state index contributed by atoms with van der Waals surface area (Å²) in [4.78, 5) is 6.85. The summed E-state index contributed by atoms with van der Waals surface area (Å²) < 4.78 is 15.9. The minimum absolute atomic E-state index is 0.0986. The summed E-state index contributed by atoms with van der Waals surface area (Å²) in [7, 11) is 2.12. The Morgan fingerprint density at radius 2 is 2.24 bits per heavy atom. The third-order valence-corrected chi connectivity index (χ3v) is 4.59. The molecule has 0 radical (unpaired) electrons. The third-order valence-electron chi connectivity index (χ3n) is 4.11. The van der Waals surface area contributed by atoms with Crippen LogP contribution in [0.2, 0.25) is 5.02 Å². The Kier molecular flexibility index (Phi) is 4.12. The number of hydrogen-bond donors (Lipinski definition) is 0. The van der Waals surface area contributed by atoms with Crippen LogP contribution in [0.1, 0.15) is 24.5 Å². The summed E-state index contributed by atoms with van der Waals surface area (Å²) in [5.41, 5.74) is 1.48. The molecule has 0 bridgehead atoms. The molecule has 2 unspecified atom stereocenters. The standard InChI is InChI=1S/C15H18Cl2FN3/c1-9(16)15-19-13-5-11(17)12(18)6-14(13)21(15)8-10-3-4-20(2)7-10/h5-6,9-10H,3-4,7-8H2,1-2H3. The summed E-state index contributed by atoms with van der Waals surface area (Å²) in [5, 5.41) is -0.125. The molecule has 1 aromatic heterocycles. The van der Waals surface area contributed by atoms with Crippen molar-refractivity contribution in [3.05, 3.63) is 28.8 Å².